The normalized spacial score (nSPS) is 13.2. The SMILES string of the molecule is CC(C)(C)[C@@H](O)COc1cc(C(=O)N[C@@H](CC(=O)O)c2ccccc2)nn1-c1ccccc1F. The lowest BCUT2D eigenvalue weighted by molar-refractivity contribution is -0.137. The quantitative estimate of drug-likeness (QED) is 0.440. The standard InChI is InChI=1S/C25H28FN3O5/c1-25(2,3)21(30)15-34-22-13-19(28-29(22)20-12-8-7-11-17(20)26)24(33)27-18(14-23(31)32)16-9-5-4-6-10-16/h4-13,18,21,30H,14-15H2,1-3H3,(H,27,33)(H,31,32)/t18-,21-/m0/s1. The van der Waals surface area contributed by atoms with Crippen molar-refractivity contribution in [2.45, 2.75) is 39.3 Å². The number of rotatable bonds is 9. The summed E-state index contributed by atoms with van der Waals surface area (Å²) >= 11 is 0. The number of hydrogen-bond donors (Lipinski definition) is 3. The maximum atomic E-state index is 14.5. The first-order valence-electron chi connectivity index (χ1n) is 10.8. The van der Waals surface area contributed by atoms with Crippen LogP contribution in [0, 0.1) is 11.2 Å². The number of carboxylic acid groups (broad SMARTS) is 1. The van der Waals surface area contributed by atoms with Crippen LogP contribution in [0.2, 0.25) is 0 Å². The van der Waals surface area contributed by atoms with Gasteiger partial charge in [0.05, 0.1) is 18.6 Å². The van der Waals surface area contributed by atoms with Crippen molar-refractivity contribution in [3.63, 3.8) is 0 Å². The van der Waals surface area contributed by atoms with Crippen molar-refractivity contribution in [1.29, 1.82) is 0 Å². The minimum atomic E-state index is -1.08. The largest absolute Gasteiger partial charge is 0.481 e. The Morgan fingerprint density at radius 1 is 1.12 bits per heavy atom. The molecule has 1 amide bonds. The predicted molar refractivity (Wildman–Crippen MR) is 123 cm³/mol. The molecule has 0 unspecified atom stereocenters. The Balaban J connectivity index is 1.92. The molecule has 2 aromatic carbocycles. The van der Waals surface area contributed by atoms with Crippen LogP contribution in [0.1, 0.15) is 49.3 Å². The molecule has 9 heteroatoms. The van der Waals surface area contributed by atoms with E-state index in [1.54, 1.807) is 36.4 Å². The molecule has 0 aliphatic heterocycles. The molecule has 180 valence electrons. The number of nitrogens with one attached hydrogen (secondary N) is 1. The van der Waals surface area contributed by atoms with Crippen molar-refractivity contribution in [3.8, 4) is 11.6 Å². The van der Waals surface area contributed by atoms with Crippen LogP contribution < -0.4 is 10.1 Å². The Morgan fingerprint density at radius 2 is 1.76 bits per heavy atom. The zero-order valence-corrected chi connectivity index (χ0v) is 19.2. The van der Waals surface area contributed by atoms with Crippen molar-refractivity contribution in [2.75, 3.05) is 6.61 Å². The molecule has 8 nitrogen and oxygen atoms in total. The van der Waals surface area contributed by atoms with Gasteiger partial charge in [0.15, 0.2) is 5.69 Å². The van der Waals surface area contributed by atoms with Gasteiger partial charge in [0.1, 0.15) is 18.1 Å². The summed E-state index contributed by atoms with van der Waals surface area (Å²) in [4.78, 5) is 24.4. The number of nitrogens with zero attached hydrogens (tertiary/aromatic N) is 2. The number of aromatic nitrogens is 2. The van der Waals surface area contributed by atoms with Gasteiger partial charge in [-0.2, -0.15) is 9.78 Å². The van der Waals surface area contributed by atoms with Crippen molar-refractivity contribution >= 4 is 11.9 Å². The number of para-hydroxylation sites is 1. The van der Waals surface area contributed by atoms with Gasteiger partial charge in [0.2, 0.25) is 5.88 Å². The van der Waals surface area contributed by atoms with Crippen LogP contribution >= 0.6 is 0 Å². The Bertz CT molecular complexity index is 1140. The summed E-state index contributed by atoms with van der Waals surface area (Å²) in [7, 11) is 0. The molecule has 0 aliphatic carbocycles. The van der Waals surface area contributed by atoms with Crippen LogP contribution in [0.4, 0.5) is 4.39 Å². The Morgan fingerprint density at radius 3 is 2.38 bits per heavy atom. The molecule has 0 radical (unpaired) electrons. The van der Waals surface area contributed by atoms with E-state index in [1.807, 2.05) is 20.8 Å². The monoisotopic (exact) mass is 469 g/mol. The molecule has 2 atom stereocenters. The van der Waals surface area contributed by atoms with E-state index in [0.29, 0.717) is 5.56 Å². The van der Waals surface area contributed by atoms with Crippen LogP contribution in [-0.4, -0.2) is 44.6 Å². The third-order valence-electron chi connectivity index (χ3n) is 5.26. The lowest BCUT2D eigenvalue weighted by Gasteiger charge is -2.25. The first-order valence-corrected chi connectivity index (χ1v) is 10.8. The average Bonchev–Trinajstić information content (AvgIpc) is 3.21. The maximum Gasteiger partial charge on any atom is 0.305 e. The second-order valence-electron chi connectivity index (χ2n) is 8.96. The Hall–Kier alpha value is -3.72. The molecular weight excluding hydrogens is 441 g/mol. The van der Waals surface area contributed by atoms with Crippen molar-refractivity contribution < 1.29 is 28.9 Å². The second-order valence-corrected chi connectivity index (χ2v) is 8.96. The van der Waals surface area contributed by atoms with Crippen molar-refractivity contribution in [1.82, 2.24) is 15.1 Å². The molecule has 0 spiro atoms. The fourth-order valence-electron chi connectivity index (χ4n) is 3.13. The van der Waals surface area contributed by atoms with E-state index in [9.17, 15) is 24.2 Å². The van der Waals surface area contributed by atoms with Gasteiger partial charge in [-0.25, -0.2) is 4.39 Å². The lowest BCUT2D eigenvalue weighted by atomic mass is 9.90. The number of carbonyl (C=O) groups excluding carboxylic acids is 1. The van der Waals surface area contributed by atoms with Gasteiger partial charge in [0.25, 0.3) is 5.91 Å². The highest BCUT2D eigenvalue weighted by atomic mass is 19.1. The van der Waals surface area contributed by atoms with Gasteiger partial charge in [-0.3, -0.25) is 9.59 Å². The zero-order chi connectivity index (χ0) is 24.9. The molecule has 34 heavy (non-hydrogen) atoms. The van der Waals surface area contributed by atoms with Gasteiger partial charge in [0, 0.05) is 6.07 Å². The summed E-state index contributed by atoms with van der Waals surface area (Å²) in [5.41, 5.74) is 0.140. The number of amides is 1. The Labute approximate surface area is 197 Å². The maximum absolute atomic E-state index is 14.5. The molecule has 1 aromatic heterocycles. The van der Waals surface area contributed by atoms with Crippen molar-refractivity contribution in [2.24, 2.45) is 5.41 Å². The minimum Gasteiger partial charge on any atom is -0.481 e. The van der Waals surface area contributed by atoms with Crippen LogP contribution in [0.25, 0.3) is 5.69 Å². The van der Waals surface area contributed by atoms with E-state index < -0.39 is 35.3 Å². The van der Waals surface area contributed by atoms with E-state index in [1.165, 1.54) is 24.3 Å². The van der Waals surface area contributed by atoms with Crippen LogP contribution in [0.15, 0.2) is 60.7 Å². The number of benzene rings is 2. The number of carboxylic acids is 1. The summed E-state index contributed by atoms with van der Waals surface area (Å²) < 4.78 is 21.4. The highest BCUT2D eigenvalue weighted by Crippen LogP contribution is 2.25. The molecule has 0 aliphatic rings. The smallest absolute Gasteiger partial charge is 0.305 e. The van der Waals surface area contributed by atoms with Gasteiger partial charge in [-0.15, -0.1) is 0 Å². The number of aliphatic carboxylic acids is 1. The number of aliphatic hydroxyl groups is 1. The fraction of sp³-hybridized carbons (Fsp3) is 0.320. The first-order chi connectivity index (χ1) is 16.1. The van der Waals surface area contributed by atoms with Gasteiger partial charge < -0.3 is 20.3 Å². The highest BCUT2D eigenvalue weighted by molar-refractivity contribution is 5.93. The number of aliphatic hydroxyl groups excluding tert-OH is 1. The van der Waals surface area contributed by atoms with Gasteiger partial charge in [-0.1, -0.05) is 63.2 Å². The molecule has 3 N–H and O–H groups in total. The van der Waals surface area contributed by atoms with E-state index >= 15 is 0 Å². The van der Waals surface area contributed by atoms with Crippen LogP contribution in [-0.2, 0) is 4.79 Å². The van der Waals surface area contributed by atoms with E-state index in [2.05, 4.69) is 10.4 Å². The number of halogens is 1. The first kappa shape index (κ1) is 24.9. The molecular formula is C25H28FN3O5. The molecule has 3 rings (SSSR count). The number of hydrogen-bond acceptors (Lipinski definition) is 5. The summed E-state index contributed by atoms with van der Waals surface area (Å²) in [6.07, 6.45) is -1.16. The zero-order valence-electron chi connectivity index (χ0n) is 19.2. The molecule has 0 saturated heterocycles. The van der Waals surface area contributed by atoms with E-state index in [4.69, 9.17) is 4.74 Å². The molecule has 0 bridgehead atoms. The molecule has 3 aromatic rings. The third kappa shape index (κ3) is 6.20. The minimum absolute atomic E-state index is 0.0620. The topological polar surface area (TPSA) is 114 Å². The lowest BCUT2D eigenvalue weighted by Crippen LogP contribution is -2.32. The Kier molecular flexibility index (Phi) is 7.68. The van der Waals surface area contributed by atoms with E-state index in [0.717, 1.165) is 4.68 Å². The molecule has 0 saturated carbocycles. The number of ether oxygens (including phenoxy) is 1. The second kappa shape index (κ2) is 10.5. The molecule has 1 heterocycles. The summed E-state index contributed by atoms with van der Waals surface area (Å²) in [5.74, 6) is -2.24. The molecule has 0 fully saturated rings. The summed E-state index contributed by atoms with van der Waals surface area (Å²) in [6.45, 7) is 5.44. The van der Waals surface area contributed by atoms with Crippen molar-refractivity contribution in [3.05, 3.63) is 77.7 Å². The summed E-state index contributed by atoms with van der Waals surface area (Å²) in [6, 6.07) is 15.1. The van der Waals surface area contributed by atoms with Gasteiger partial charge >= 0.3 is 5.97 Å². The number of carbonyl (C=O) groups is 2. The summed E-state index contributed by atoms with van der Waals surface area (Å²) in [5, 5.41) is 26.5. The average molecular weight is 470 g/mol. The van der Waals surface area contributed by atoms with E-state index in [-0.39, 0.29) is 30.3 Å². The predicted octanol–water partition coefficient (Wildman–Crippen LogP) is 3.74. The van der Waals surface area contributed by atoms with Crippen LogP contribution in [0.3, 0.4) is 0 Å². The van der Waals surface area contributed by atoms with Crippen LogP contribution in [0.5, 0.6) is 5.88 Å². The fourth-order valence-corrected chi connectivity index (χ4v) is 3.13. The third-order valence-corrected chi connectivity index (χ3v) is 5.26. The van der Waals surface area contributed by atoms with Gasteiger partial charge in [-0.05, 0) is 23.1 Å². The highest BCUT2D eigenvalue weighted by Gasteiger charge is 2.26.